The smallest absolute Gasteiger partial charge is 0.266 e. The molecule has 3 rings (SSSR count). The van der Waals surface area contributed by atoms with Gasteiger partial charge in [0.1, 0.15) is 4.88 Å². The minimum atomic E-state index is 0.0358. The van der Waals surface area contributed by atoms with Crippen molar-refractivity contribution in [3.05, 3.63) is 51.7 Å². The number of nitrogens with two attached hydrogens (primary N) is 1. The van der Waals surface area contributed by atoms with Gasteiger partial charge in [-0.15, -0.1) is 11.3 Å². The summed E-state index contributed by atoms with van der Waals surface area (Å²) in [5.74, 6) is 0.0358. The first kappa shape index (κ1) is 10.4. The number of rotatable bonds is 1. The monoisotopic (exact) mass is 244 g/mol. The van der Waals surface area contributed by atoms with Gasteiger partial charge in [0.25, 0.3) is 5.91 Å². The molecule has 0 aliphatic carbocycles. The Kier molecular flexibility index (Phi) is 2.37. The highest BCUT2D eigenvalue weighted by molar-refractivity contribution is 7.12. The Balaban J connectivity index is 1.86. The number of carbonyl (C=O) groups is 1. The van der Waals surface area contributed by atoms with Gasteiger partial charge in [0.15, 0.2) is 0 Å². The lowest BCUT2D eigenvalue weighted by molar-refractivity contribution is 0.0757. The van der Waals surface area contributed by atoms with E-state index >= 15 is 0 Å². The fourth-order valence-electron chi connectivity index (χ4n) is 2.11. The fourth-order valence-corrected chi connectivity index (χ4v) is 2.90. The topological polar surface area (TPSA) is 46.3 Å². The molecule has 1 aliphatic rings. The molecule has 0 fully saturated rings. The van der Waals surface area contributed by atoms with Gasteiger partial charge < -0.3 is 10.6 Å². The summed E-state index contributed by atoms with van der Waals surface area (Å²) in [7, 11) is 0. The summed E-state index contributed by atoms with van der Waals surface area (Å²) in [6.45, 7) is 1.37. The summed E-state index contributed by atoms with van der Waals surface area (Å²) >= 11 is 1.41. The highest BCUT2D eigenvalue weighted by atomic mass is 32.1. The number of thiophene rings is 1. The Morgan fingerprint density at radius 2 is 1.82 bits per heavy atom. The third kappa shape index (κ3) is 1.70. The van der Waals surface area contributed by atoms with Gasteiger partial charge in [-0.05, 0) is 22.6 Å². The van der Waals surface area contributed by atoms with Gasteiger partial charge in [-0.3, -0.25) is 4.79 Å². The molecule has 4 heteroatoms. The summed E-state index contributed by atoms with van der Waals surface area (Å²) in [6.07, 6.45) is 0. The molecule has 1 aromatic heterocycles. The van der Waals surface area contributed by atoms with E-state index in [0.717, 1.165) is 0 Å². The SMILES string of the molecule is Nc1ccsc1C(=O)N1Cc2ccccc2C1. The average molecular weight is 244 g/mol. The highest BCUT2D eigenvalue weighted by Crippen LogP contribution is 2.27. The van der Waals surface area contributed by atoms with Gasteiger partial charge >= 0.3 is 0 Å². The van der Waals surface area contributed by atoms with Crippen LogP contribution in [0, 0.1) is 0 Å². The summed E-state index contributed by atoms with van der Waals surface area (Å²) in [4.78, 5) is 14.7. The van der Waals surface area contributed by atoms with Crippen molar-refractivity contribution in [2.45, 2.75) is 13.1 Å². The van der Waals surface area contributed by atoms with Crippen LogP contribution in [-0.4, -0.2) is 10.8 Å². The third-order valence-electron chi connectivity index (χ3n) is 3.02. The molecular formula is C13H12N2OS. The summed E-state index contributed by atoms with van der Waals surface area (Å²) < 4.78 is 0. The lowest BCUT2D eigenvalue weighted by atomic mass is 10.1. The normalized spacial score (nSPS) is 13.8. The second-order valence-electron chi connectivity index (χ2n) is 4.13. The molecule has 86 valence electrons. The molecule has 0 unspecified atom stereocenters. The Hall–Kier alpha value is -1.81. The number of nitrogen functional groups attached to an aromatic ring is 1. The number of amides is 1. The van der Waals surface area contributed by atoms with Crippen LogP contribution >= 0.6 is 11.3 Å². The minimum Gasteiger partial charge on any atom is -0.397 e. The quantitative estimate of drug-likeness (QED) is 0.837. The van der Waals surface area contributed by atoms with Crippen LogP contribution in [0.1, 0.15) is 20.8 Å². The molecule has 0 radical (unpaired) electrons. The molecule has 0 saturated carbocycles. The number of benzene rings is 1. The van der Waals surface area contributed by atoms with Crippen LogP contribution in [0.4, 0.5) is 5.69 Å². The lowest BCUT2D eigenvalue weighted by Gasteiger charge is -2.14. The van der Waals surface area contributed by atoms with Gasteiger partial charge in [0.2, 0.25) is 0 Å². The van der Waals surface area contributed by atoms with E-state index in [-0.39, 0.29) is 5.91 Å². The van der Waals surface area contributed by atoms with Gasteiger partial charge in [0.05, 0.1) is 5.69 Å². The summed E-state index contributed by atoms with van der Waals surface area (Å²) in [5, 5.41) is 1.85. The summed E-state index contributed by atoms with van der Waals surface area (Å²) in [5.41, 5.74) is 8.82. The van der Waals surface area contributed by atoms with Crippen molar-refractivity contribution in [2.24, 2.45) is 0 Å². The molecular weight excluding hydrogens is 232 g/mol. The maximum Gasteiger partial charge on any atom is 0.266 e. The first-order valence-corrected chi connectivity index (χ1v) is 6.32. The fraction of sp³-hybridized carbons (Fsp3) is 0.154. The van der Waals surface area contributed by atoms with Crippen molar-refractivity contribution < 1.29 is 4.79 Å². The van der Waals surface area contributed by atoms with Crippen molar-refractivity contribution in [1.29, 1.82) is 0 Å². The molecule has 2 aromatic rings. The van der Waals surface area contributed by atoms with Gasteiger partial charge in [-0.2, -0.15) is 0 Å². The zero-order valence-electron chi connectivity index (χ0n) is 9.22. The van der Waals surface area contributed by atoms with Crippen molar-refractivity contribution in [3.63, 3.8) is 0 Å². The standard InChI is InChI=1S/C13H12N2OS/c14-11-5-6-17-12(11)13(16)15-7-9-3-1-2-4-10(9)8-15/h1-6H,7-8,14H2. The second-order valence-corrected chi connectivity index (χ2v) is 5.05. The number of carbonyl (C=O) groups excluding carboxylic acids is 1. The van der Waals surface area contributed by atoms with Crippen molar-refractivity contribution in [1.82, 2.24) is 4.90 Å². The van der Waals surface area contributed by atoms with Crippen molar-refractivity contribution in [2.75, 3.05) is 5.73 Å². The molecule has 1 aromatic carbocycles. The Morgan fingerprint density at radius 1 is 1.18 bits per heavy atom. The molecule has 0 saturated heterocycles. The molecule has 0 spiro atoms. The predicted molar refractivity (Wildman–Crippen MR) is 68.8 cm³/mol. The van der Waals surface area contributed by atoms with Gasteiger partial charge in [-0.1, -0.05) is 24.3 Å². The molecule has 17 heavy (non-hydrogen) atoms. The average Bonchev–Trinajstić information content (AvgIpc) is 2.93. The van der Waals surface area contributed by atoms with Crippen LogP contribution in [0.5, 0.6) is 0 Å². The lowest BCUT2D eigenvalue weighted by Crippen LogP contribution is -2.25. The largest absolute Gasteiger partial charge is 0.397 e. The van der Waals surface area contributed by atoms with E-state index < -0.39 is 0 Å². The molecule has 2 heterocycles. The molecule has 2 N–H and O–H groups in total. The Bertz CT molecular complexity index is 551. The third-order valence-corrected chi connectivity index (χ3v) is 3.94. The van der Waals surface area contributed by atoms with Crippen LogP contribution in [0.3, 0.4) is 0 Å². The van der Waals surface area contributed by atoms with E-state index in [0.29, 0.717) is 23.7 Å². The van der Waals surface area contributed by atoms with Crippen LogP contribution in [0.2, 0.25) is 0 Å². The molecule has 1 aliphatic heterocycles. The second kappa shape index (κ2) is 3.89. The minimum absolute atomic E-state index is 0.0358. The summed E-state index contributed by atoms with van der Waals surface area (Å²) in [6, 6.07) is 9.93. The van der Waals surface area contributed by atoms with E-state index in [4.69, 9.17) is 5.73 Å². The maximum atomic E-state index is 12.3. The van der Waals surface area contributed by atoms with Crippen LogP contribution in [0.15, 0.2) is 35.7 Å². The number of hydrogen-bond donors (Lipinski definition) is 1. The van der Waals surface area contributed by atoms with Gasteiger partial charge in [-0.25, -0.2) is 0 Å². The number of anilines is 1. The van der Waals surface area contributed by atoms with Crippen LogP contribution in [0.25, 0.3) is 0 Å². The first-order chi connectivity index (χ1) is 8.25. The van der Waals surface area contributed by atoms with Gasteiger partial charge in [0, 0.05) is 13.1 Å². The van der Waals surface area contributed by atoms with E-state index in [1.807, 2.05) is 22.4 Å². The Labute approximate surface area is 103 Å². The number of nitrogens with zero attached hydrogens (tertiary/aromatic N) is 1. The van der Waals surface area contributed by atoms with Crippen molar-refractivity contribution in [3.8, 4) is 0 Å². The molecule has 1 amide bonds. The van der Waals surface area contributed by atoms with Crippen LogP contribution in [-0.2, 0) is 13.1 Å². The Morgan fingerprint density at radius 3 is 2.35 bits per heavy atom. The maximum absolute atomic E-state index is 12.3. The zero-order chi connectivity index (χ0) is 11.8. The zero-order valence-corrected chi connectivity index (χ0v) is 10.0. The number of fused-ring (bicyclic) bond motifs is 1. The van der Waals surface area contributed by atoms with E-state index in [9.17, 15) is 4.79 Å². The highest BCUT2D eigenvalue weighted by Gasteiger charge is 2.25. The van der Waals surface area contributed by atoms with E-state index in [1.165, 1.54) is 22.5 Å². The van der Waals surface area contributed by atoms with E-state index in [1.54, 1.807) is 6.07 Å². The molecule has 0 bridgehead atoms. The molecule has 3 nitrogen and oxygen atoms in total. The van der Waals surface area contributed by atoms with Crippen molar-refractivity contribution >= 4 is 22.9 Å². The first-order valence-electron chi connectivity index (χ1n) is 5.45. The predicted octanol–water partition coefficient (Wildman–Crippen LogP) is 2.49. The molecule has 0 atom stereocenters. The van der Waals surface area contributed by atoms with E-state index in [2.05, 4.69) is 12.1 Å². The number of hydrogen-bond acceptors (Lipinski definition) is 3. The van der Waals surface area contributed by atoms with Crippen LogP contribution < -0.4 is 5.73 Å².